The van der Waals surface area contributed by atoms with Gasteiger partial charge in [-0.15, -0.1) is 0 Å². The van der Waals surface area contributed by atoms with Crippen molar-refractivity contribution in [2.45, 2.75) is 18.9 Å². The van der Waals surface area contributed by atoms with Crippen molar-refractivity contribution in [3.8, 4) is 0 Å². The summed E-state index contributed by atoms with van der Waals surface area (Å²) in [5, 5.41) is 5.60. The summed E-state index contributed by atoms with van der Waals surface area (Å²) in [5.74, 6) is -0.494. The van der Waals surface area contributed by atoms with Gasteiger partial charge in [-0.1, -0.05) is 0 Å². The van der Waals surface area contributed by atoms with Crippen molar-refractivity contribution in [3.63, 3.8) is 0 Å². The first-order chi connectivity index (χ1) is 8.70. The molecule has 98 valence electrons. The molecule has 18 heavy (non-hydrogen) atoms. The Kier molecular flexibility index (Phi) is 4.09. The highest BCUT2D eigenvalue weighted by molar-refractivity contribution is 5.98. The SMILES string of the molecule is CNc1ncc(F)cc1C(=O)NC1CCCOC1. The van der Waals surface area contributed by atoms with E-state index < -0.39 is 5.82 Å². The molecule has 2 rings (SSSR count). The Hall–Kier alpha value is -1.69. The van der Waals surface area contributed by atoms with Crippen LogP contribution in [0.3, 0.4) is 0 Å². The number of anilines is 1. The first-order valence-corrected chi connectivity index (χ1v) is 5.92. The molecule has 0 spiro atoms. The molecule has 0 aliphatic carbocycles. The monoisotopic (exact) mass is 253 g/mol. The summed E-state index contributed by atoms with van der Waals surface area (Å²) >= 11 is 0. The number of rotatable bonds is 3. The standard InChI is InChI=1S/C12H16FN3O2/c1-14-11-10(5-8(13)6-15-11)12(17)16-9-3-2-4-18-7-9/h5-6,9H,2-4,7H2,1H3,(H,14,15)(H,16,17). The zero-order valence-corrected chi connectivity index (χ0v) is 10.2. The van der Waals surface area contributed by atoms with Gasteiger partial charge in [-0.2, -0.15) is 0 Å². The van der Waals surface area contributed by atoms with E-state index in [0.29, 0.717) is 12.4 Å². The minimum absolute atomic E-state index is 0.0146. The van der Waals surface area contributed by atoms with E-state index in [1.807, 2.05) is 0 Å². The molecule has 0 saturated carbocycles. The van der Waals surface area contributed by atoms with Crippen LogP contribution in [0.4, 0.5) is 10.2 Å². The molecular formula is C12H16FN3O2. The lowest BCUT2D eigenvalue weighted by Crippen LogP contribution is -2.40. The van der Waals surface area contributed by atoms with Gasteiger partial charge in [-0.25, -0.2) is 9.37 Å². The molecule has 1 amide bonds. The van der Waals surface area contributed by atoms with E-state index in [-0.39, 0.29) is 17.5 Å². The van der Waals surface area contributed by atoms with E-state index in [1.54, 1.807) is 7.05 Å². The molecule has 1 aliphatic heterocycles. The van der Waals surface area contributed by atoms with Crippen molar-refractivity contribution >= 4 is 11.7 Å². The van der Waals surface area contributed by atoms with Gasteiger partial charge in [0.15, 0.2) is 0 Å². The quantitative estimate of drug-likeness (QED) is 0.849. The number of carbonyl (C=O) groups is 1. The summed E-state index contributed by atoms with van der Waals surface area (Å²) in [7, 11) is 1.64. The number of hydrogen-bond acceptors (Lipinski definition) is 4. The first-order valence-electron chi connectivity index (χ1n) is 5.92. The summed E-state index contributed by atoms with van der Waals surface area (Å²) in [5.41, 5.74) is 0.211. The molecule has 1 unspecified atom stereocenters. The Morgan fingerprint density at radius 3 is 3.11 bits per heavy atom. The number of amides is 1. The summed E-state index contributed by atoms with van der Waals surface area (Å²) in [6.45, 7) is 1.24. The van der Waals surface area contributed by atoms with Gasteiger partial charge < -0.3 is 15.4 Å². The van der Waals surface area contributed by atoms with Gasteiger partial charge in [0.25, 0.3) is 5.91 Å². The highest BCUT2D eigenvalue weighted by atomic mass is 19.1. The van der Waals surface area contributed by atoms with Gasteiger partial charge in [0, 0.05) is 13.7 Å². The van der Waals surface area contributed by atoms with Crippen molar-refractivity contribution in [1.82, 2.24) is 10.3 Å². The number of hydrogen-bond donors (Lipinski definition) is 2. The van der Waals surface area contributed by atoms with E-state index in [0.717, 1.165) is 25.6 Å². The van der Waals surface area contributed by atoms with E-state index in [2.05, 4.69) is 15.6 Å². The van der Waals surface area contributed by atoms with E-state index in [4.69, 9.17) is 4.74 Å². The second-order valence-electron chi connectivity index (χ2n) is 4.19. The van der Waals surface area contributed by atoms with Gasteiger partial charge in [0.2, 0.25) is 0 Å². The van der Waals surface area contributed by atoms with Crippen LogP contribution in [0.25, 0.3) is 0 Å². The highest BCUT2D eigenvalue weighted by Gasteiger charge is 2.19. The van der Waals surface area contributed by atoms with Gasteiger partial charge in [-0.3, -0.25) is 4.79 Å². The Morgan fingerprint density at radius 1 is 1.61 bits per heavy atom. The molecule has 1 aromatic heterocycles. The third-order valence-corrected chi connectivity index (χ3v) is 2.83. The molecule has 2 heterocycles. The van der Waals surface area contributed by atoms with Crippen molar-refractivity contribution in [3.05, 3.63) is 23.6 Å². The average molecular weight is 253 g/mol. The second kappa shape index (κ2) is 5.77. The van der Waals surface area contributed by atoms with Gasteiger partial charge in [0.1, 0.15) is 11.6 Å². The van der Waals surface area contributed by atoms with Crippen molar-refractivity contribution in [2.24, 2.45) is 0 Å². The van der Waals surface area contributed by atoms with Crippen LogP contribution >= 0.6 is 0 Å². The third kappa shape index (κ3) is 2.95. The smallest absolute Gasteiger partial charge is 0.255 e. The fraction of sp³-hybridized carbons (Fsp3) is 0.500. The molecule has 1 aliphatic rings. The zero-order valence-electron chi connectivity index (χ0n) is 10.2. The summed E-state index contributed by atoms with van der Waals surface area (Å²) in [6, 6.07) is 1.16. The number of carbonyl (C=O) groups excluding carboxylic acids is 1. The molecule has 0 radical (unpaired) electrons. The second-order valence-corrected chi connectivity index (χ2v) is 4.19. The predicted octanol–water partition coefficient (Wildman–Crippen LogP) is 1.17. The lowest BCUT2D eigenvalue weighted by molar-refractivity contribution is 0.0624. The fourth-order valence-corrected chi connectivity index (χ4v) is 1.93. The number of ether oxygens (including phenoxy) is 1. The first kappa shape index (κ1) is 12.8. The van der Waals surface area contributed by atoms with Crippen LogP contribution in [0.1, 0.15) is 23.2 Å². The Balaban J connectivity index is 2.09. The summed E-state index contributed by atoms with van der Waals surface area (Å²) in [4.78, 5) is 15.9. The maximum atomic E-state index is 13.1. The van der Waals surface area contributed by atoms with Gasteiger partial charge >= 0.3 is 0 Å². The highest BCUT2D eigenvalue weighted by Crippen LogP contribution is 2.14. The Morgan fingerprint density at radius 2 is 2.44 bits per heavy atom. The molecule has 2 N–H and O–H groups in total. The topological polar surface area (TPSA) is 63.2 Å². The maximum absolute atomic E-state index is 13.1. The number of nitrogens with one attached hydrogen (secondary N) is 2. The molecule has 0 aromatic carbocycles. The van der Waals surface area contributed by atoms with Gasteiger partial charge in [0.05, 0.1) is 24.4 Å². The van der Waals surface area contributed by atoms with Gasteiger partial charge in [-0.05, 0) is 18.9 Å². The lowest BCUT2D eigenvalue weighted by atomic mass is 10.1. The molecule has 0 bridgehead atoms. The fourth-order valence-electron chi connectivity index (χ4n) is 1.93. The third-order valence-electron chi connectivity index (χ3n) is 2.83. The minimum atomic E-state index is -0.529. The lowest BCUT2D eigenvalue weighted by Gasteiger charge is -2.23. The van der Waals surface area contributed by atoms with Crippen LogP contribution < -0.4 is 10.6 Å². The molecular weight excluding hydrogens is 237 g/mol. The Bertz CT molecular complexity index is 433. The van der Waals surface area contributed by atoms with Crippen LogP contribution in [-0.4, -0.2) is 37.2 Å². The number of nitrogens with zero attached hydrogens (tertiary/aromatic N) is 1. The van der Waals surface area contributed by atoms with Crippen LogP contribution in [0.5, 0.6) is 0 Å². The van der Waals surface area contributed by atoms with Crippen LogP contribution in [0.2, 0.25) is 0 Å². The molecule has 1 fully saturated rings. The maximum Gasteiger partial charge on any atom is 0.255 e. The van der Waals surface area contributed by atoms with Crippen molar-refractivity contribution < 1.29 is 13.9 Å². The Labute approximate surface area is 105 Å². The van der Waals surface area contributed by atoms with Crippen LogP contribution in [0, 0.1) is 5.82 Å². The molecule has 1 atom stereocenters. The largest absolute Gasteiger partial charge is 0.379 e. The summed E-state index contributed by atoms with van der Waals surface area (Å²) < 4.78 is 18.4. The van der Waals surface area contributed by atoms with Crippen molar-refractivity contribution in [1.29, 1.82) is 0 Å². The van der Waals surface area contributed by atoms with Crippen molar-refractivity contribution in [2.75, 3.05) is 25.6 Å². The summed E-state index contributed by atoms with van der Waals surface area (Å²) in [6.07, 6.45) is 2.88. The molecule has 5 nitrogen and oxygen atoms in total. The van der Waals surface area contributed by atoms with E-state index >= 15 is 0 Å². The van der Waals surface area contributed by atoms with Crippen LogP contribution in [0.15, 0.2) is 12.3 Å². The van der Waals surface area contributed by atoms with Crippen LogP contribution in [-0.2, 0) is 4.74 Å². The van der Waals surface area contributed by atoms with E-state index in [9.17, 15) is 9.18 Å². The number of aromatic nitrogens is 1. The normalized spacial score (nSPS) is 19.3. The predicted molar refractivity (Wildman–Crippen MR) is 65.0 cm³/mol. The molecule has 6 heteroatoms. The minimum Gasteiger partial charge on any atom is -0.379 e. The average Bonchev–Trinajstić information content (AvgIpc) is 2.40. The molecule has 1 saturated heterocycles. The zero-order chi connectivity index (χ0) is 13.0. The van der Waals surface area contributed by atoms with E-state index in [1.165, 1.54) is 6.07 Å². The number of pyridine rings is 1. The number of halogens is 1. The molecule has 1 aromatic rings.